The highest BCUT2D eigenvalue weighted by molar-refractivity contribution is 5.86. The summed E-state index contributed by atoms with van der Waals surface area (Å²) in [5, 5.41) is 10.4. The molecule has 0 saturated heterocycles. The predicted molar refractivity (Wildman–Crippen MR) is 60.2 cm³/mol. The Bertz CT molecular complexity index is 460. The van der Waals surface area contributed by atoms with Crippen LogP contribution in [0.5, 0.6) is 5.75 Å². The van der Waals surface area contributed by atoms with Crippen LogP contribution in [-0.4, -0.2) is 22.9 Å². The molecule has 0 aliphatic rings. The molecule has 0 radical (unpaired) electrons. The molecule has 1 atom stereocenters. The second-order valence-corrected chi connectivity index (χ2v) is 3.71. The van der Waals surface area contributed by atoms with E-state index in [0.717, 1.165) is 16.7 Å². The molecule has 1 aromatic carbocycles. The first-order valence-electron chi connectivity index (χ1n) is 5.02. The molecule has 0 aliphatic carbocycles. The third-order valence-corrected chi connectivity index (χ3v) is 2.45. The first-order valence-corrected chi connectivity index (χ1v) is 5.02. The van der Waals surface area contributed by atoms with Gasteiger partial charge in [0.05, 0.1) is 18.7 Å². The SMILES string of the molecule is COc1cccc2c1ccn2CC(C)O. The van der Waals surface area contributed by atoms with E-state index >= 15 is 0 Å². The van der Waals surface area contributed by atoms with Crippen LogP contribution in [0, 0.1) is 0 Å². The highest BCUT2D eigenvalue weighted by atomic mass is 16.5. The van der Waals surface area contributed by atoms with E-state index in [1.807, 2.05) is 35.0 Å². The van der Waals surface area contributed by atoms with Gasteiger partial charge in [0.15, 0.2) is 0 Å². The van der Waals surface area contributed by atoms with Crippen LogP contribution in [0.2, 0.25) is 0 Å². The number of hydrogen-bond donors (Lipinski definition) is 1. The number of fused-ring (bicyclic) bond motifs is 1. The molecule has 0 saturated carbocycles. The van der Waals surface area contributed by atoms with Crippen molar-refractivity contribution in [3.8, 4) is 5.75 Å². The lowest BCUT2D eigenvalue weighted by molar-refractivity contribution is 0.175. The van der Waals surface area contributed by atoms with Crippen molar-refractivity contribution in [3.63, 3.8) is 0 Å². The zero-order valence-electron chi connectivity index (χ0n) is 8.97. The molecule has 2 rings (SSSR count). The first kappa shape index (κ1) is 10.1. The van der Waals surface area contributed by atoms with Crippen LogP contribution in [0.25, 0.3) is 10.9 Å². The predicted octanol–water partition coefficient (Wildman–Crippen LogP) is 2.03. The Morgan fingerprint density at radius 3 is 2.87 bits per heavy atom. The number of nitrogens with zero attached hydrogens (tertiary/aromatic N) is 1. The summed E-state index contributed by atoms with van der Waals surface area (Å²) in [5.74, 6) is 0.872. The molecule has 15 heavy (non-hydrogen) atoms. The number of benzene rings is 1. The van der Waals surface area contributed by atoms with Gasteiger partial charge in [-0.15, -0.1) is 0 Å². The molecule has 0 spiro atoms. The lowest BCUT2D eigenvalue weighted by Gasteiger charge is -2.08. The van der Waals surface area contributed by atoms with Gasteiger partial charge < -0.3 is 14.4 Å². The quantitative estimate of drug-likeness (QED) is 0.832. The largest absolute Gasteiger partial charge is 0.496 e. The van der Waals surface area contributed by atoms with Gasteiger partial charge in [0.2, 0.25) is 0 Å². The van der Waals surface area contributed by atoms with Gasteiger partial charge in [0.25, 0.3) is 0 Å². The highest BCUT2D eigenvalue weighted by Crippen LogP contribution is 2.26. The maximum Gasteiger partial charge on any atom is 0.128 e. The standard InChI is InChI=1S/C12H15NO2/c1-9(14)8-13-7-6-10-11(13)4-3-5-12(10)15-2/h3-7,9,14H,8H2,1-2H3. The minimum Gasteiger partial charge on any atom is -0.496 e. The summed E-state index contributed by atoms with van der Waals surface area (Å²) in [4.78, 5) is 0. The van der Waals surface area contributed by atoms with Gasteiger partial charge in [0, 0.05) is 18.1 Å². The Hall–Kier alpha value is -1.48. The number of ether oxygens (including phenoxy) is 1. The number of aliphatic hydroxyl groups excluding tert-OH is 1. The van der Waals surface area contributed by atoms with Crippen molar-refractivity contribution in [2.45, 2.75) is 19.6 Å². The fraction of sp³-hybridized carbons (Fsp3) is 0.333. The maximum absolute atomic E-state index is 9.36. The van der Waals surface area contributed by atoms with Crippen LogP contribution in [0.3, 0.4) is 0 Å². The monoisotopic (exact) mass is 205 g/mol. The van der Waals surface area contributed by atoms with Gasteiger partial charge in [-0.2, -0.15) is 0 Å². The zero-order chi connectivity index (χ0) is 10.8. The number of aromatic nitrogens is 1. The van der Waals surface area contributed by atoms with Gasteiger partial charge in [0.1, 0.15) is 5.75 Å². The molecule has 1 N–H and O–H groups in total. The van der Waals surface area contributed by atoms with E-state index in [1.165, 1.54) is 0 Å². The van der Waals surface area contributed by atoms with Gasteiger partial charge in [-0.1, -0.05) is 6.07 Å². The second kappa shape index (κ2) is 3.95. The van der Waals surface area contributed by atoms with Gasteiger partial charge in [-0.3, -0.25) is 0 Å². The molecule has 1 aromatic heterocycles. The number of methoxy groups -OCH3 is 1. The lowest BCUT2D eigenvalue weighted by atomic mass is 10.2. The highest BCUT2D eigenvalue weighted by Gasteiger charge is 2.06. The summed E-state index contributed by atoms with van der Waals surface area (Å²) in [7, 11) is 1.67. The average molecular weight is 205 g/mol. The zero-order valence-corrected chi connectivity index (χ0v) is 8.97. The molecule has 0 fully saturated rings. The van der Waals surface area contributed by atoms with Crippen LogP contribution in [0.15, 0.2) is 30.5 Å². The summed E-state index contributed by atoms with van der Waals surface area (Å²) in [6.45, 7) is 2.39. The van der Waals surface area contributed by atoms with Crippen molar-refractivity contribution < 1.29 is 9.84 Å². The number of aliphatic hydroxyl groups is 1. The molecular formula is C12H15NO2. The van der Waals surface area contributed by atoms with Crippen molar-refractivity contribution in [3.05, 3.63) is 30.5 Å². The minimum atomic E-state index is -0.341. The van der Waals surface area contributed by atoms with Gasteiger partial charge in [-0.25, -0.2) is 0 Å². The molecule has 0 bridgehead atoms. The summed E-state index contributed by atoms with van der Waals surface area (Å²) in [5.41, 5.74) is 1.09. The van der Waals surface area contributed by atoms with Crippen molar-refractivity contribution in [2.75, 3.05) is 7.11 Å². The molecule has 3 heteroatoms. The summed E-state index contributed by atoms with van der Waals surface area (Å²) < 4.78 is 7.30. The Morgan fingerprint density at radius 2 is 2.20 bits per heavy atom. The molecular weight excluding hydrogens is 190 g/mol. The van der Waals surface area contributed by atoms with Crippen LogP contribution in [0.4, 0.5) is 0 Å². The normalized spacial score (nSPS) is 13.0. The first-order chi connectivity index (χ1) is 7.22. The van der Waals surface area contributed by atoms with Gasteiger partial charge >= 0.3 is 0 Å². The van der Waals surface area contributed by atoms with E-state index < -0.39 is 0 Å². The van der Waals surface area contributed by atoms with Crippen molar-refractivity contribution in [2.24, 2.45) is 0 Å². The minimum absolute atomic E-state index is 0.341. The Balaban J connectivity index is 2.51. The topological polar surface area (TPSA) is 34.4 Å². The molecule has 1 heterocycles. The van der Waals surface area contributed by atoms with E-state index in [1.54, 1.807) is 14.0 Å². The third kappa shape index (κ3) is 1.83. The Kier molecular flexibility index (Phi) is 2.64. The van der Waals surface area contributed by atoms with Crippen LogP contribution in [-0.2, 0) is 6.54 Å². The lowest BCUT2D eigenvalue weighted by Crippen LogP contribution is -2.10. The van der Waals surface area contributed by atoms with Crippen LogP contribution < -0.4 is 4.74 Å². The van der Waals surface area contributed by atoms with E-state index in [9.17, 15) is 5.11 Å². The van der Waals surface area contributed by atoms with E-state index in [0.29, 0.717) is 6.54 Å². The molecule has 80 valence electrons. The van der Waals surface area contributed by atoms with E-state index in [2.05, 4.69) is 0 Å². The summed E-state index contributed by atoms with van der Waals surface area (Å²) in [6.07, 6.45) is 1.63. The maximum atomic E-state index is 9.36. The fourth-order valence-electron chi connectivity index (χ4n) is 1.82. The van der Waals surface area contributed by atoms with E-state index in [4.69, 9.17) is 4.74 Å². The summed E-state index contributed by atoms with van der Waals surface area (Å²) in [6, 6.07) is 7.94. The van der Waals surface area contributed by atoms with Crippen LogP contribution >= 0.6 is 0 Å². The molecule has 1 unspecified atom stereocenters. The Labute approximate surface area is 88.9 Å². The van der Waals surface area contributed by atoms with Crippen molar-refractivity contribution in [1.29, 1.82) is 0 Å². The average Bonchev–Trinajstić information content (AvgIpc) is 2.61. The molecule has 0 amide bonds. The Morgan fingerprint density at radius 1 is 1.40 bits per heavy atom. The summed E-state index contributed by atoms with van der Waals surface area (Å²) >= 11 is 0. The fourth-order valence-corrected chi connectivity index (χ4v) is 1.82. The van der Waals surface area contributed by atoms with Crippen molar-refractivity contribution >= 4 is 10.9 Å². The molecule has 2 aromatic rings. The molecule has 0 aliphatic heterocycles. The van der Waals surface area contributed by atoms with Gasteiger partial charge in [-0.05, 0) is 25.1 Å². The third-order valence-electron chi connectivity index (χ3n) is 2.45. The number of rotatable bonds is 3. The number of hydrogen-bond acceptors (Lipinski definition) is 2. The van der Waals surface area contributed by atoms with Crippen molar-refractivity contribution in [1.82, 2.24) is 4.57 Å². The smallest absolute Gasteiger partial charge is 0.128 e. The van der Waals surface area contributed by atoms with Crippen LogP contribution in [0.1, 0.15) is 6.92 Å². The van der Waals surface area contributed by atoms with E-state index in [-0.39, 0.29) is 6.10 Å². The molecule has 3 nitrogen and oxygen atoms in total. The second-order valence-electron chi connectivity index (χ2n) is 3.71.